The predicted octanol–water partition coefficient (Wildman–Crippen LogP) is 3.15. The van der Waals surface area contributed by atoms with Gasteiger partial charge in [0.1, 0.15) is 5.01 Å². The van der Waals surface area contributed by atoms with Gasteiger partial charge < -0.3 is 20.1 Å². The summed E-state index contributed by atoms with van der Waals surface area (Å²) < 4.78 is 10.6. The highest BCUT2D eigenvalue weighted by atomic mass is 32.1. The van der Waals surface area contributed by atoms with Crippen LogP contribution in [0.5, 0.6) is 11.5 Å². The Morgan fingerprint density at radius 3 is 2.48 bits per heavy atom. The Bertz CT molecular complexity index is 713. The quantitative estimate of drug-likeness (QED) is 0.585. The first-order chi connectivity index (χ1) is 12.1. The zero-order valence-electron chi connectivity index (χ0n) is 15.4. The highest BCUT2D eigenvalue weighted by Crippen LogP contribution is 2.27. The molecule has 0 aliphatic carbocycles. The van der Waals surface area contributed by atoms with Crippen molar-refractivity contribution < 1.29 is 9.47 Å². The lowest BCUT2D eigenvalue weighted by Gasteiger charge is -2.13. The van der Waals surface area contributed by atoms with E-state index in [4.69, 9.17) is 9.47 Å². The van der Waals surface area contributed by atoms with Gasteiger partial charge in [-0.1, -0.05) is 19.9 Å². The largest absolute Gasteiger partial charge is 0.493 e. The van der Waals surface area contributed by atoms with Crippen LogP contribution >= 0.6 is 11.3 Å². The van der Waals surface area contributed by atoms with E-state index < -0.39 is 0 Å². The van der Waals surface area contributed by atoms with Crippen molar-refractivity contribution in [3.05, 3.63) is 39.8 Å². The molecule has 2 rings (SSSR count). The van der Waals surface area contributed by atoms with E-state index >= 15 is 0 Å². The standard InChI is InChI=1S/C18H26N4O2S/c1-12(2)14-11-25-17(22-14)10-21-18(19-3)20-9-13-6-7-15(23-4)16(8-13)24-5/h6-8,11-12H,9-10H2,1-5H3,(H2,19,20,21). The van der Waals surface area contributed by atoms with Crippen molar-refractivity contribution in [2.75, 3.05) is 21.3 Å². The van der Waals surface area contributed by atoms with Gasteiger partial charge in [0.2, 0.25) is 0 Å². The molecular weight excluding hydrogens is 336 g/mol. The Hall–Kier alpha value is -2.28. The fourth-order valence-electron chi connectivity index (χ4n) is 2.23. The second kappa shape index (κ2) is 9.27. The number of hydrogen-bond acceptors (Lipinski definition) is 5. The summed E-state index contributed by atoms with van der Waals surface area (Å²) in [7, 11) is 5.02. The lowest BCUT2D eigenvalue weighted by molar-refractivity contribution is 0.354. The monoisotopic (exact) mass is 362 g/mol. The maximum absolute atomic E-state index is 5.33. The molecule has 2 aromatic rings. The van der Waals surface area contributed by atoms with Crippen LogP contribution in [-0.2, 0) is 13.1 Å². The first-order valence-electron chi connectivity index (χ1n) is 8.17. The summed E-state index contributed by atoms with van der Waals surface area (Å²) >= 11 is 1.67. The number of hydrogen-bond donors (Lipinski definition) is 2. The molecule has 0 unspecified atom stereocenters. The summed E-state index contributed by atoms with van der Waals surface area (Å²) in [5, 5.41) is 9.75. The third-order valence-corrected chi connectivity index (χ3v) is 4.57. The van der Waals surface area contributed by atoms with E-state index in [1.807, 2.05) is 18.2 Å². The molecular formula is C18H26N4O2S. The smallest absolute Gasteiger partial charge is 0.191 e. The molecule has 0 aliphatic heterocycles. The number of rotatable bonds is 7. The van der Waals surface area contributed by atoms with Crippen molar-refractivity contribution in [1.29, 1.82) is 0 Å². The SMILES string of the molecule is CN=C(NCc1ccc(OC)c(OC)c1)NCc1nc(C(C)C)cs1. The van der Waals surface area contributed by atoms with E-state index in [9.17, 15) is 0 Å². The fraction of sp³-hybridized carbons (Fsp3) is 0.444. The molecule has 25 heavy (non-hydrogen) atoms. The second-order valence-electron chi connectivity index (χ2n) is 5.79. The first kappa shape index (κ1) is 19.1. The topological polar surface area (TPSA) is 67.8 Å². The molecule has 1 aromatic heterocycles. The number of thiazole rings is 1. The molecule has 136 valence electrons. The summed E-state index contributed by atoms with van der Waals surface area (Å²) in [5.74, 6) is 2.62. The molecule has 0 bridgehead atoms. The van der Waals surface area contributed by atoms with Gasteiger partial charge in [0.05, 0.1) is 26.5 Å². The second-order valence-corrected chi connectivity index (χ2v) is 6.73. The van der Waals surface area contributed by atoms with Gasteiger partial charge in [-0.3, -0.25) is 4.99 Å². The first-order valence-corrected chi connectivity index (χ1v) is 9.05. The van der Waals surface area contributed by atoms with Gasteiger partial charge in [0.25, 0.3) is 0 Å². The zero-order valence-corrected chi connectivity index (χ0v) is 16.2. The number of aliphatic imine (C=N–C) groups is 1. The molecule has 0 atom stereocenters. The van der Waals surface area contributed by atoms with Crippen molar-refractivity contribution in [3.63, 3.8) is 0 Å². The minimum Gasteiger partial charge on any atom is -0.493 e. The molecule has 1 heterocycles. The normalized spacial score (nSPS) is 11.5. The van der Waals surface area contributed by atoms with Crippen LogP contribution in [0.3, 0.4) is 0 Å². The molecule has 6 nitrogen and oxygen atoms in total. The van der Waals surface area contributed by atoms with E-state index in [0.29, 0.717) is 24.8 Å². The summed E-state index contributed by atoms with van der Waals surface area (Å²) in [4.78, 5) is 8.87. The molecule has 0 saturated carbocycles. The van der Waals surface area contributed by atoms with Crippen LogP contribution in [-0.4, -0.2) is 32.2 Å². The average Bonchev–Trinajstić information content (AvgIpc) is 3.11. The van der Waals surface area contributed by atoms with Gasteiger partial charge in [-0.05, 0) is 23.6 Å². The number of nitrogens with zero attached hydrogens (tertiary/aromatic N) is 2. The summed E-state index contributed by atoms with van der Waals surface area (Å²) in [6.07, 6.45) is 0. The van der Waals surface area contributed by atoms with Crippen LogP contribution in [0, 0.1) is 0 Å². The highest BCUT2D eigenvalue weighted by molar-refractivity contribution is 7.09. The number of nitrogens with one attached hydrogen (secondary N) is 2. The molecule has 0 amide bonds. The summed E-state index contributed by atoms with van der Waals surface area (Å²) in [5.41, 5.74) is 2.21. The summed E-state index contributed by atoms with van der Waals surface area (Å²) in [6, 6.07) is 5.85. The average molecular weight is 362 g/mol. The molecule has 0 radical (unpaired) electrons. The molecule has 2 N–H and O–H groups in total. The third kappa shape index (κ3) is 5.35. The van der Waals surface area contributed by atoms with Gasteiger partial charge >= 0.3 is 0 Å². The fourth-order valence-corrected chi connectivity index (χ4v) is 3.12. The number of methoxy groups -OCH3 is 2. The number of benzene rings is 1. The molecule has 0 spiro atoms. The van der Waals surface area contributed by atoms with Crippen molar-refractivity contribution in [2.24, 2.45) is 4.99 Å². The van der Waals surface area contributed by atoms with Crippen molar-refractivity contribution >= 4 is 17.3 Å². The van der Waals surface area contributed by atoms with Crippen LogP contribution in [0.2, 0.25) is 0 Å². The Morgan fingerprint density at radius 2 is 1.88 bits per heavy atom. The van der Waals surface area contributed by atoms with Gasteiger partial charge in [0.15, 0.2) is 17.5 Å². The van der Waals surface area contributed by atoms with Gasteiger partial charge in [-0.25, -0.2) is 4.98 Å². The van der Waals surface area contributed by atoms with Crippen LogP contribution < -0.4 is 20.1 Å². The van der Waals surface area contributed by atoms with Crippen LogP contribution in [0.1, 0.15) is 36.0 Å². The molecule has 0 aliphatic rings. The minimum atomic E-state index is 0.451. The van der Waals surface area contributed by atoms with Crippen molar-refractivity contribution in [3.8, 4) is 11.5 Å². The van der Waals surface area contributed by atoms with Crippen molar-refractivity contribution in [2.45, 2.75) is 32.9 Å². The lowest BCUT2D eigenvalue weighted by atomic mass is 10.2. The molecule has 1 aromatic carbocycles. The molecule has 0 fully saturated rings. The maximum Gasteiger partial charge on any atom is 0.191 e. The molecule has 0 saturated heterocycles. The Balaban J connectivity index is 1.89. The van der Waals surface area contributed by atoms with Gasteiger partial charge in [-0.2, -0.15) is 0 Å². The number of ether oxygens (including phenoxy) is 2. The number of aromatic nitrogens is 1. The van der Waals surface area contributed by atoms with E-state index in [0.717, 1.165) is 28.0 Å². The third-order valence-electron chi connectivity index (χ3n) is 3.70. The van der Waals surface area contributed by atoms with Crippen molar-refractivity contribution in [1.82, 2.24) is 15.6 Å². The Kier molecular flexibility index (Phi) is 7.06. The van der Waals surface area contributed by atoms with Crippen LogP contribution in [0.25, 0.3) is 0 Å². The van der Waals surface area contributed by atoms with E-state index in [-0.39, 0.29) is 0 Å². The number of guanidine groups is 1. The van der Waals surface area contributed by atoms with Crippen LogP contribution in [0.4, 0.5) is 0 Å². The zero-order chi connectivity index (χ0) is 18.2. The minimum absolute atomic E-state index is 0.451. The van der Waals surface area contributed by atoms with E-state index in [1.165, 1.54) is 0 Å². The lowest BCUT2D eigenvalue weighted by Crippen LogP contribution is -2.36. The predicted molar refractivity (Wildman–Crippen MR) is 103 cm³/mol. The van der Waals surface area contributed by atoms with E-state index in [2.05, 4.69) is 39.8 Å². The van der Waals surface area contributed by atoms with Gasteiger partial charge in [-0.15, -0.1) is 11.3 Å². The highest BCUT2D eigenvalue weighted by Gasteiger charge is 2.07. The molecule has 7 heteroatoms. The van der Waals surface area contributed by atoms with Crippen LogP contribution in [0.15, 0.2) is 28.6 Å². The summed E-state index contributed by atoms with van der Waals surface area (Å²) in [6.45, 7) is 5.59. The van der Waals surface area contributed by atoms with E-state index in [1.54, 1.807) is 32.6 Å². The Morgan fingerprint density at radius 1 is 1.16 bits per heavy atom. The van der Waals surface area contributed by atoms with Gasteiger partial charge in [0, 0.05) is 19.0 Å². The maximum atomic E-state index is 5.33. The Labute approximate surface area is 153 Å².